The van der Waals surface area contributed by atoms with Crippen LogP contribution in [0.25, 0.3) is 0 Å². The molecule has 8 nitrogen and oxygen atoms in total. The van der Waals surface area contributed by atoms with Crippen molar-refractivity contribution in [1.29, 1.82) is 0 Å². The summed E-state index contributed by atoms with van der Waals surface area (Å²) in [5.41, 5.74) is 4.87. The summed E-state index contributed by atoms with van der Waals surface area (Å²) in [4.78, 5) is 24.5. The van der Waals surface area contributed by atoms with Gasteiger partial charge in [-0.3, -0.25) is 9.78 Å². The predicted octanol–water partition coefficient (Wildman–Crippen LogP) is -1.63. The Kier molecular flexibility index (Phi) is 2.67. The Morgan fingerprint density at radius 1 is 1.44 bits per heavy atom. The molecule has 1 aliphatic heterocycles. The first kappa shape index (κ1) is 11.4. The average Bonchev–Trinajstić information content (AvgIpc) is 2.37. The smallest absolute Gasteiger partial charge is 0.342 e. The third-order valence-corrected chi connectivity index (χ3v) is 3.69. The number of nitrogens with one attached hydrogen (secondary N) is 3. The molecule has 1 aromatic rings. The van der Waals surface area contributed by atoms with Crippen molar-refractivity contribution in [3.05, 3.63) is 20.8 Å². The van der Waals surface area contributed by atoms with Crippen molar-refractivity contribution in [1.82, 2.24) is 15.2 Å². The van der Waals surface area contributed by atoms with Crippen LogP contribution < -0.4 is 22.3 Å². The third-order valence-electron chi connectivity index (χ3n) is 3.69. The van der Waals surface area contributed by atoms with Gasteiger partial charge in [0, 0.05) is 18.6 Å². The van der Waals surface area contributed by atoms with Gasteiger partial charge in [-0.1, -0.05) is 0 Å². The molecular formula is C10H15N5O3. The quantitative estimate of drug-likeness (QED) is 0.501. The molecule has 3 rings (SSSR count). The van der Waals surface area contributed by atoms with E-state index < -0.39 is 11.2 Å². The van der Waals surface area contributed by atoms with E-state index in [1.165, 1.54) is 0 Å². The monoisotopic (exact) mass is 253 g/mol. The van der Waals surface area contributed by atoms with Gasteiger partial charge in [0.15, 0.2) is 0 Å². The summed E-state index contributed by atoms with van der Waals surface area (Å²) in [6.07, 6.45) is 2.11. The van der Waals surface area contributed by atoms with Gasteiger partial charge in [-0.25, -0.2) is 9.89 Å². The van der Waals surface area contributed by atoms with E-state index in [-0.39, 0.29) is 24.0 Å². The highest BCUT2D eigenvalue weighted by Gasteiger charge is 2.50. The Labute approximate surface area is 102 Å². The number of nitrogens with two attached hydrogens (primary N) is 1. The molecule has 1 aromatic heterocycles. The Hall–Kier alpha value is -1.67. The van der Waals surface area contributed by atoms with Crippen LogP contribution in [0.1, 0.15) is 12.8 Å². The van der Waals surface area contributed by atoms with Crippen molar-refractivity contribution in [3.8, 4) is 0 Å². The fraction of sp³-hybridized carbons (Fsp3) is 0.700. The van der Waals surface area contributed by atoms with Crippen molar-refractivity contribution in [2.24, 2.45) is 11.7 Å². The van der Waals surface area contributed by atoms with Crippen LogP contribution in [0.3, 0.4) is 0 Å². The summed E-state index contributed by atoms with van der Waals surface area (Å²) in [7, 11) is 0. The molecular weight excluding hydrogens is 238 g/mol. The molecule has 1 saturated carbocycles. The third kappa shape index (κ3) is 1.73. The minimum absolute atomic E-state index is 0.0295. The molecule has 0 radical (unpaired) electrons. The summed E-state index contributed by atoms with van der Waals surface area (Å²) in [6, 6.07) is -0.182. The van der Waals surface area contributed by atoms with E-state index in [4.69, 9.17) is 10.5 Å². The minimum Gasteiger partial charge on any atom is -0.376 e. The first-order valence-corrected chi connectivity index (χ1v) is 5.99. The van der Waals surface area contributed by atoms with Gasteiger partial charge in [-0.2, -0.15) is 0 Å². The van der Waals surface area contributed by atoms with Crippen molar-refractivity contribution in [2.75, 3.05) is 11.9 Å². The zero-order valence-electron chi connectivity index (χ0n) is 9.68. The lowest BCUT2D eigenvalue weighted by Gasteiger charge is -2.52. The molecule has 0 bridgehead atoms. The fourth-order valence-corrected chi connectivity index (χ4v) is 2.73. The van der Waals surface area contributed by atoms with Crippen LogP contribution in [0, 0.1) is 5.92 Å². The maximum Gasteiger partial charge on any atom is 0.342 e. The lowest BCUT2D eigenvalue weighted by Crippen LogP contribution is -2.69. The van der Waals surface area contributed by atoms with Crippen LogP contribution >= 0.6 is 0 Å². The van der Waals surface area contributed by atoms with E-state index >= 15 is 0 Å². The summed E-state index contributed by atoms with van der Waals surface area (Å²) < 4.78 is 5.64. The molecule has 1 saturated heterocycles. The summed E-state index contributed by atoms with van der Waals surface area (Å²) in [5, 5.41) is 8.79. The Bertz CT molecular complexity index is 553. The van der Waals surface area contributed by atoms with E-state index in [2.05, 4.69) is 20.5 Å². The molecule has 4 atom stereocenters. The van der Waals surface area contributed by atoms with Crippen molar-refractivity contribution in [2.45, 2.75) is 31.0 Å². The van der Waals surface area contributed by atoms with Crippen molar-refractivity contribution >= 4 is 5.82 Å². The lowest BCUT2D eigenvalue weighted by molar-refractivity contribution is -0.104. The van der Waals surface area contributed by atoms with Crippen LogP contribution in [0.15, 0.2) is 9.59 Å². The van der Waals surface area contributed by atoms with E-state index in [1.54, 1.807) is 0 Å². The molecule has 2 heterocycles. The Morgan fingerprint density at radius 3 is 3.06 bits per heavy atom. The molecule has 0 spiro atoms. The summed E-state index contributed by atoms with van der Waals surface area (Å²) in [5.74, 6) is 0.417. The van der Waals surface area contributed by atoms with Crippen LogP contribution in [0.2, 0.25) is 0 Å². The number of ether oxygens (including phenoxy) is 1. The normalized spacial score (nSPS) is 34.5. The molecule has 18 heavy (non-hydrogen) atoms. The molecule has 0 amide bonds. The number of fused-ring (bicyclic) bond motifs is 1. The molecule has 8 heteroatoms. The van der Waals surface area contributed by atoms with Gasteiger partial charge < -0.3 is 15.8 Å². The zero-order chi connectivity index (χ0) is 12.7. The molecule has 4 unspecified atom stereocenters. The number of rotatable bonds is 2. The van der Waals surface area contributed by atoms with Crippen LogP contribution in [-0.4, -0.2) is 40.0 Å². The molecule has 98 valence electrons. The van der Waals surface area contributed by atoms with E-state index in [0.717, 1.165) is 19.4 Å². The SMILES string of the molecule is NC1C2CCCOC2C1Nc1n[nH]c(=O)[nH]c1=O. The number of hydrogen-bond donors (Lipinski definition) is 4. The van der Waals surface area contributed by atoms with E-state index in [0.29, 0.717) is 5.92 Å². The number of anilines is 1. The summed E-state index contributed by atoms with van der Waals surface area (Å²) in [6.45, 7) is 0.724. The number of aromatic nitrogens is 3. The second-order valence-electron chi connectivity index (χ2n) is 4.74. The number of aromatic amines is 2. The van der Waals surface area contributed by atoms with E-state index in [9.17, 15) is 9.59 Å². The highest BCUT2D eigenvalue weighted by molar-refractivity contribution is 5.34. The van der Waals surface area contributed by atoms with Crippen LogP contribution in [-0.2, 0) is 4.74 Å². The first-order valence-electron chi connectivity index (χ1n) is 5.99. The minimum atomic E-state index is -0.629. The van der Waals surface area contributed by atoms with Crippen molar-refractivity contribution < 1.29 is 4.74 Å². The topological polar surface area (TPSA) is 126 Å². The Balaban J connectivity index is 1.77. The van der Waals surface area contributed by atoms with Gasteiger partial charge in [0.2, 0.25) is 5.82 Å². The van der Waals surface area contributed by atoms with Gasteiger partial charge in [-0.15, -0.1) is 5.10 Å². The second-order valence-corrected chi connectivity index (χ2v) is 4.74. The maximum atomic E-state index is 11.5. The standard InChI is InChI=1S/C10H15N5O3/c11-5-4-2-1-3-18-7(4)6(5)12-8-9(16)13-10(17)15-14-8/h4-7H,1-3,11H2,(H,12,14)(H2,13,15,16,17). The van der Waals surface area contributed by atoms with Gasteiger partial charge in [0.05, 0.1) is 12.1 Å². The predicted molar refractivity (Wildman–Crippen MR) is 63.3 cm³/mol. The largest absolute Gasteiger partial charge is 0.376 e. The number of H-pyrrole nitrogens is 2. The lowest BCUT2D eigenvalue weighted by atomic mass is 9.69. The second kappa shape index (κ2) is 4.21. The fourth-order valence-electron chi connectivity index (χ4n) is 2.73. The van der Waals surface area contributed by atoms with Gasteiger partial charge in [-0.05, 0) is 12.8 Å². The first-order chi connectivity index (χ1) is 8.66. The van der Waals surface area contributed by atoms with Gasteiger partial charge in [0.25, 0.3) is 5.56 Å². The van der Waals surface area contributed by atoms with Gasteiger partial charge in [0.1, 0.15) is 0 Å². The molecule has 0 aromatic carbocycles. The van der Waals surface area contributed by atoms with Crippen LogP contribution in [0.4, 0.5) is 5.82 Å². The Morgan fingerprint density at radius 2 is 2.28 bits per heavy atom. The zero-order valence-corrected chi connectivity index (χ0v) is 9.68. The van der Waals surface area contributed by atoms with Crippen LogP contribution in [0.5, 0.6) is 0 Å². The van der Waals surface area contributed by atoms with Gasteiger partial charge >= 0.3 is 5.69 Å². The molecule has 2 aliphatic rings. The maximum absolute atomic E-state index is 11.5. The number of nitrogens with zero attached hydrogens (tertiary/aromatic N) is 1. The number of hydrogen-bond acceptors (Lipinski definition) is 6. The highest BCUT2D eigenvalue weighted by atomic mass is 16.5. The van der Waals surface area contributed by atoms with Crippen molar-refractivity contribution in [3.63, 3.8) is 0 Å². The molecule has 5 N–H and O–H groups in total. The highest BCUT2D eigenvalue weighted by Crippen LogP contribution is 2.37. The molecule has 1 aliphatic carbocycles. The average molecular weight is 253 g/mol. The summed E-state index contributed by atoms with van der Waals surface area (Å²) >= 11 is 0. The molecule has 2 fully saturated rings. The van der Waals surface area contributed by atoms with E-state index in [1.807, 2.05) is 0 Å².